The van der Waals surface area contributed by atoms with E-state index in [1.807, 2.05) is 0 Å². The lowest BCUT2D eigenvalue weighted by Gasteiger charge is -2.44. The standard InChI is InChI=1S/C45H78O5Si2/c1-38(49-52(45(5,6)7,41-33-25-19-26-34-41)42-35-27-20-28-36-42)29-21-18-23-31-39(46)30-22-16-14-12-11-13-15-17-24-32-40(37-43(47)48-8)50-51(9,10)44(2,3)4/h19-20,25-28,33-36,38-40,46H,11-18,21-24,29-32,37H2,1-10H3/t38-,39+,40-/m1/s1. The number of unbranched alkanes of at least 4 members (excludes halogenated alkanes) is 10. The normalized spacial score (nSPS) is 14.6. The van der Waals surface area contributed by atoms with Crippen LogP contribution in [0, 0.1) is 0 Å². The van der Waals surface area contributed by atoms with Gasteiger partial charge in [-0.05, 0) is 66.2 Å². The minimum atomic E-state index is -2.51. The maximum Gasteiger partial charge on any atom is 0.308 e. The highest BCUT2D eigenvalue weighted by Gasteiger charge is 2.51. The van der Waals surface area contributed by atoms with Gasteiger partial charge in [0.1, 0.15) is 0 Å². The first-order valence-electron chi connectivity index (χ1n) is 20.7. The molecule has 0 aliphatic rings. The van der Waals surface area contributed by atoms with E-state index in [4.69, 9.17) is 13.6 Å². The van der Waals surface area contributed by atoms with Gasteiger partial charge in [-0.25, -0.2) is 0 Å². The number of carbonyl (C=O) groups is 1. The van der Waals surface area contributed by atoms with Crippen LogP contribution in [0.4, 0.5) is 0 Å². The van der Waals surface area contributed by atoms with Crippen molar-refractivity contribution in [2.75, 3.05) is 7.11 Å². The van der Waals surface area contributed by atoms with Gasteiger partial charge in [0, 0.05) is 6.10 Å². The fourth-order valence-corrected chi connectivity index (χ4v) is 13.4. The molecule has 3 atom stereocenters. The number of hydrogen-bond acceptors (Lipinski definition) is 5. The van der Waals surface area contributed by atoms with Crippen LogP contribution in [0.2, 0.25) is 23.2 Å². The van der Waals surface area contributed by atoms with E-state index in [2.05, 4.69) is 122 Å². The molecule has 0 spiro atoms. The van der Waals surface area contributed by atoms with E-state index in [0.717, 1.165) is 57.8 Å². The number of benzene rings is 2. The lowest BCUT2D eigenvalue weighted by molar-refractivity contribution is -0.142. The SMILES string of the molecule is COC(=O)C[C@@H](CCCCCCCCCCC[C@H](O)CCCCC[C@@H](C)O[Si](c1ccccc1)(c1ccccc1)C(C)(C)C)O[Si](C)(C)C(C)(C)C. The number of methoxy groups -OCH3 is 1. The van der Waals surface area contributed by atoms with Crippen LogP contribution in [-0.4, -0.2) is 53.1 Å². The van der Waals surface area contributed by atoms with Crippen LogP contribution >= 0.6 is 0 Å². The predicted molar refractivity (Wildman–Crippen MR) is 227 cm³/mol. The maximum atomic E-state index is 12.0. The molecule has 0 amide bonds. The first kappa shape index (κ1) is 46.4. The maximum absolute atomic E-state index is 12.0. The summed E-state index contributed by atoms with van der Waals surface area (Å²) in [6, 6.07) is 21.8. The quantitative estimate of drug-likeness (QED) is 0.0588. The van der Waals surface area contributed by atoms with Crippen LogP contribution in [0.1, 0.15) is 158 Å². The zero-order valence-corrected chi connectivity index (χ0v) is 37.1. The first-order chi connectivity index (χ1) is 24.5. The van der Waals surface area contributed by atoms with Crippen LogP contribution in [-0.2, 0) is 18.4 Å². The van der Waals surface area contributed by atoms with E-state index < -0.39 is 16.6 Å². The van der Waals surface area contributed by atoms with E-state index in [1.54, 1.807) is 0 Å². The monoisotopic (exact) mass is 755 g/mol. The minimum Gasteiger partial charge on any atom is -0.469 e. The van der Waals surface area contributed by atoms with Crippen molar-refractivity contribution in [3.05, 3.63) is 60.7 Å². The Morgan fingerprint density at radius 1 is 0.615 bits per heavy atom. The van der Waals surface area contributed by atoms with Crippen molar-refractivity contribution >= 4 is 33.0 Å². The molecule has 7 heteroatoms. The smallest absolute Gasteiger partial charge is 0.308 e. The molecule has 0 aliphatic heterocycles. The molecule has 1 N–H and O–H groups in total. The highest BCUT2D eigenvalue weighted by atomic mass is 28.4. The fourth-order valence-electron chi connectivity index (χ4n) is 7.24. The molecular formula is C45H78O5Si2. The van der Waals surface area contributed by atoms with Crippen LogP contribution in [0.15, 0.2) is 60.7 Å². The van der Waals surface area contributed by atoms with Crippen LogP contribution in [0.5, 0.6) is 0 Å². The van der Waals surface area contributed by atoms with Crippen molar-refractivity contribution in [2.24, 2.45) is 0 Å². The van der Waals surface area contributed by atoms with Gasteiger partial charge in [-0.1, -0.05) is 179 Å². The van der Waals surface area contributed by atoms with Crippen molar-refractivity contribution in [2.45, 2.75) is 199 Å². The zero-order chi connectivity index (χ0) is 38.7. The number of aliphatic hydroxyl groups is 1. The Bertz CT molecular complexity index is 1180. The first-order valence-corrected chi connectivity index (χ1v) is 25.6. The van der Waals surface area contributed by atoms with E-state index in [-0.39, 0.29) is 34.4 Å². The molecule has 5 nitrogen and oxygen atoms in total. The molecule has 2 aromatic rings. The molecule has 0 unspecified atom stereocenters. The molecule has 2 aromatic carbocycles. The summed E-state index contributed by atoms with van der Waals surface area (Å²) < 4.78 is 18.8. The van der Waals surface area contributed by atoms with Gasteiger partial charge in [-0.15, -0.1) is 0 Å². The summed E-state index contributed by atoms with van der Waals surface area (Å²) in [5.41, 5.74) is 0. The van der Waals surface area contributed by atoms with Gasteiger partial charge in [0.2, 0.25) is 0 Å². The molecule has 0 bridgehead atoms. The van der Waals surface area contributed by atoms with E-state index in [9.17, 15) is 9.90 Å². The summed E-state index contributed by atoms with van der Waals surface area (Å²) in [7, 11) is -2.97. The van der Waals surface area contributed by atoms with Gasteiger partial charge >= 0.3 is 5.97 Å². The summed E-state index contributed by atoms with van der Waals surface area (Å²) in [4.78, 5) is 12.0. The second-order valence-corrected chi connectivity index (χ2v) is 26.9. The molecule has 2 rings (SSSR count). The van der Waals surface area contributed by atoms with Gasteiger partial charge in [0.25, 0.3) is 8.32 Å². The average molecular weight is 755 g/mol. The molecule has 0 saturated carbocycles. The Morgan fingerprint density at radius 2 is 1.02 bits per heavy atom. The van der Waals surface area contributed by atoms with Crippen molar-refractivity contribution in [3.63, 3.8) is 0 Å². The van der Waals surface area contributed by atoms with Crippen molar-refractivity contribution in [1.82, 2.24) is 0 Å². The fraction of sp³-hybridized carbons (Fsp3) is 0.711. The van der Waals surface area contributed by atoms with Crippen molar-refractivity contribution in [3.8, 4) is 0 Å². The van der Waals surface area contributed by atoms with Crippen LogP contribution < -0.4 is 10.4 Å². The summed E-state index contributed by atoms with van der Waals surface area (Å²) in [6.45, 7) is 20.5. The summed E-state index contributed by atoms with van der Waals surface area (Å²) >= 11 is 0. The molecule has 0 radical (unpaired) electrons. The number of esters is 1. The largest absolute Gasteiger partial charge is 0.469 e. The van der Waals surface area contributed by atoms with Crippen molar-refractivity contribution < 1.29 is 23.5 Å². The highest BCUT2D eigenvalue weighted by molar-refractivity contribution is 6.99. The molecular weight excluding hydrogens is 677 g/mol. The summed E-state index contributed by atoms with van der Waals surface area (Å²) in [5, 5.41) is 13.4. The topological polar surface area (TPSA) is 65.0 Å². The van der Waals surface area contributed by atoms with E-state index in [0.29, 0.717) is 6.42 Å². The summed E-state index contributed by atoms with van der Waals surface area (Å²) in [5.74, 6) is -0.171. The Hall–Kier alpha value is -1.78. The third-order valence-electron chi connectivity index (χ3n) is 11.4. The van der Waals surface area contributed by atoms with Gasteiger partial charge in [-0.3, -0.25) is 4.79 Å². The zero-order valence-electron chi connectivity index (χ0n) is 35.1. The van der Waals surface area contributed by atoms with Gasteiger partial charge in [0.05, 0.1) is 25.7 Å². The molecule has 0 aliphatic carbocycles. The Kier molecular flexibility index (Phi) is 20.7. The predicted octanol–water partition coefficient (Wildman–Crippen LogP) is 11.5. The van der Waals surface area contributed by atoms with Gasteiger partial charge in [0.15, 0.2) is 8.32 Å². The average Bonchev–Trinajstić information content (AvgIpc) is 3.08. The number of carbonyl (C=O) groups excluding carboxylic acids is 1. The highest BCUT2D eigenvalue weighted by Crippen LogP contribution is 2.39. The Labute approximate surface area is 322 Å². The third kappa shape index (κ3) is 15.9. The second-order valence-electron chi connectivity index (χ2n) is 17.9. The van der Waals surface area contributed by atoms with Crippen LogP contribution in [0.3, 0.4) is 0 Å². The lowest BCUT2D eigenvalue weighted by atomic mass is 10.0. The van der Waals surface area contributed by atoms with Crippen LogP contribution in [0.25, 0.3) is 0 Å². The lowest BCUT2D eigenvalue weighted by Crippen LogP contribution is -2.67. The van der Waals surface area contributed by atoms with Gasteiger partial charge in [-0.2, -0.15) is 0 Å². The molecule has 0 heterocycles. The minimum absolute atomic E-state index is 0.00617. The number of rotatable bonds is 26. The van der Waals surface area contributed by atoms with E-state index in [1.165, 1.54) is 62.4 Å². The Morgan fingerprint density at radius 3 is 1.44 bits per heavy atom. The molecule has 296 valence electrons. The number of aliphatic hydroxyl groups excluding tert-OH is 1. The molecule has 52 heavy (non-hydrogen) atoms. The van der Waals surface area contributed by atoms with Gasteiger partial charge < -0.3 is 18.7 Å². The summed E-state index contributed by atoms with van der Waals surface area (Å²) in [6.07, 6.45) is 18.5. The van der Waals surface area contributed by atoms with E-state index >= 15 is 0 Å². The number of ether oxygens (including phenoxy) is 1. The molecule has 0 aromatic heterocycles. The Balaban J connectivity index is 1.59. The third-order valence-corrected chi connectivity index (χ3v) is 21.1. The molecule has 0 saturated heterocycles. The number of hydrogen-bond donors (Lipinski definition) is 1. The van der Waals surface area contributed by atoms with Crippen molar-refractivity contribution in [1.29, 1.82) is 0 Å². The second kappa shape index (κ2) is 23.2. The molecule has 0 fully saturated rings.